The molecule has 0 radical (unpaired) electrons. The van der Waals surface area contributed by atoms with E-state index in [2.05, 4.69) is 11.5 Å². The predicted molar refractivity (Wildman–Crippen MR) is 29.1 cm³/mol. The van der Waals surface area contributed by atoms with Crippen molar-refractivity contribution in [3.63, 3.8) is 0 Å². The molecule has 0 amide bonds. The van der Waals surface area contributed by atoms with Crippen molar-refractivity contribution in [3.8, 4) is 0 Å². The van der Waals surface area contributed by atoms with E-state index >= 15 is 0 Å². The Labute approximate surface area is 77.0 Å². The van der Waals surface area contributed by atoms with Gasteiger partial charge in [0.2, 0.25) is 0 Å². The average Bonchev–Trinajstić information content (AvgIpc) is 1.89. The van der Waals surface area contributed by atoms with Gasteiger partial charge in [-0.1, -0.05) is 0 Å². The third kappa shape index (κ3) is 5.72. The monoisotopic (exact) mass is 355 g/mol. The SMILES string of the molecule is COCCO[Si](O)(O)[O][Hg]. The maximum absolute atomic E-state index is 8.79. The second-order valence-electron chi connectivity index (χ2n) is 1.53. The van der Waals surface area contributed by atoms with Gasteiger partial charge < -0.3 is 0 Å². The molecule has 7 heteroatoms. The van der Waals surface area contributed by atoms with Crippen molar-refractivity contribution in [1.82, 2.24) is 0 Å². The number of hydrogen-bond donors (Lipinski definition) is 2. The van der Waals surface area contributed by atoms with Gasteiger partial charge in [-0.25, -0.2) is 0 Å². The molecule has 0 bridgehead atoms. The van der Waals surface area contributed by atoms with E-state index in [1.165, 1.54) is 7.11 Å². The Morgan fingerprint density at radius 1 is 1.40 bits per heavy atom. The Balaban J connectivity index is 3.28. The van der Waals surface area contributed by atoms with Gasteiger partial charge in [-0.05, 0) is 0 Å². The summed E-state index contributed by atoms with van der Waals surface area (Å²) in [5.41, 5.74) is 0. The fourth-order valence-electron chi connectivity index (χ4n) is 0.300. The first-order valence-corrected chi connectivity index (χ1v) is 6.59. The van der Waals surface area contributed by atoms with Crippen LogP contribution in [0, 0.1) is 0 Å². The summed E-state index contributed by atoms with van der Waals surface area (Å²) in [4.78, 5) is 17.6. The first-order chi connectivity index (χ1) is 4.62. The Kier molecular flexibility index (Phi) is 6.11. The molecule has 0 rings (SSSR count). The fourth-order valence-corrected chi connectivity index (χ4v) is 1.70. The van der Waals surface area contributed by atoms with Gasteiger partial charge in [0.05, 0.1) is 0 Å². The van der Waals surface area contributed by atoms with Crippen molar-refractivity contribution in [3.05, 3.63) is 0 Å². The zero-order valence-corrected chi connectivity index (χ0v) is 12.2. The van der Waals surface area contributed by atoms with Crippen molar-refractivity contribution in [2.45, 2.75) is 0 Å². The Morgan fingerprint density at radius 2 is 2.00 bits per heavy atom. The van der Waals surface area contributed by atoms with Crippen LogP contribution in [0.5, 0.6) is 0 Å². The van der Waals surface area contributed by atoms with Gasteiger partial charge in [-0.3, -0.25) is 0 Å². The van der Waals surface area contributed by atoms with E-state index in [1.54, 1.807) is 0 Å². The van der Waals surface area contributed by atoms with Crippen molar-refractivity contribution in [1.29, 1.82) is 0 Å². The predicted octanol–water partition coefficient (Wildman–Crippen LogP) is -1.45. The fraction of sp³-hybridized carbons (Fsp3) is 1.00. The van der Waals surface area contributed by atoms with Crippen LogP contribution in [0.4, 0.5) is 0 Å². The van der Waals surface area contributed by atoms with Crippen LogP contribution in [0.15, 0.2) is 0 Å². The molecule has 0 fully saturated rings. The zero-order valence-electron chi connectivity index (χ0n) is 5.74. The third-order valence-electron chi connectivity index (χ3n) is 0.766. The third-order valence-corrected chi connectivity index (χ3v) is 6.11. The molecule has 0 aliphatic rings. The number of ether oxygens (including phenoxy) is 1. The van der Waals surface area contributed by atoms with Crippen LogP contribution in [0.25, 0.3) is 0 Å². The summed E-state index contributed by atoms with van der Waals surface area (Å²) in [7, 11) is -2.20. The minimum absolute atomic E-state index is 0.106. The number of rotatable bonds is 5. The van der Waals surface area contributed by atoms with E-state index in [1.807, 2.05) is 0 Å². The molecule has 2 N–H and O–H groups in total. The molecule has 0 spiro atoms. The van der Waals surface area contributed by atoms with E-state index in [4.69, 9.17) is 9.59 Å². The van der Waals surface area contributed by atoms with Crippen LogP contribution in [0.1, 0.15) is 0 Å². The van der Waals surface area contributed by atoms with E-state index in [-0.39, 0.29) is 33.2 Å². The van der Waals surface area contributed by atoms with E-state index in [9.17, 15) is 0 Å². The first kappa shape index (κ1) is 11.0. The zero-order chi connectivity index (χ0) is 8.04. The molecule has 0 aromatic carbocycles. The van der Waals surface area contributed by atoms with Crippen LogP contribution in [-0.4, -0.2) is 39.0 Å². The summed E-state index contributed by atoms with van der Waals surface area (Å²) < 4.78 is 13.6. The molecule has 0 aliphatic heterocycles. The van der Waals surface area contributed by atoms with Gasteiger partial charge in [0.1, 0.15) is 0 Å². The molecule has 0 aliphatic carbocycles. The molecule has 0 aromatic heterocycles. The molecule has 0 aromatic rings. The van der Waals surface area contributed by atoms with Crippen LogP contribution in [-0.2, 0) is 38.1 Å². The second-order valence-corrected chi connectivity index (χ2v) is 6.58. The molecule has 57 valence electrons. The van der Waals surface area contributed by atoms with Gasteiger partial charge >= 0.3 is 77.0 Å². The standard InChI is InChI=1S/C3H9O5Si.Hg/c1-7-2-3-8-9(4,5)6;/h4-5H,2-3H2,1H3;/q-1;+1. The molecule has 0 unspecified atom stereocenters. The Bertz CT molecular complexity index is 89.0. The average molecular weight is 354 g/mol. The molecule has 0 atom stereocenters. The van der Waals surface area contributed by atoms with Gasteiger partial charge in [-0.2, -0.15) is 0 Å². The summed E-state index contributed by atoms with van der Waals surface area (Å²) >= 11 is -0.106. The molecule has 5 nitrogen and oxygen atoms in total. The van der Waals surface area contributed by atoms with E-state index in [0.29, 0.717) is 6.61 Å². The summed E-state index contributed by atoms with van der Waals surface area (Å²) in [6.07, 6.45) is 0. The number of hydrogen-bond acceptors (Lipinski definition) is 5. The van der Waals surface area contributed by atoms with Crippen LogP contribution >= 0.6 is 0 Å². The van der Waals surface area contributed by atoms with Crippen molar-refractivity contribution < 1.29 is 47.7 Å². The van der Waals surface area contributed by atoms with Crippen molar-refractivity contribution in [2.75, 3.05) is 20.3 Å². The van der Waals surface area contributed by atoms with Crippen LogP contribution < -0.4 is 0 Å². The summed E-state index contributed by atoms with van der Waals surface area (Å²) in [6, 6.07) is 0. The van der Waals surface area contributed by atoms with Gasteiger partial charge in [0, 0.05) is 0 Å². The second kappa shape index (κ2) is 5.58. The molecular formula is C3H9HgO5Si. The summed E-state index contributed by atoms with van der Waals surface area (Å²) in [5, 5.41) is 0. The molecule has 0 heterocycles. The summed E-state index contributed by atoms with van der Waals surface area (Å²) in [6.45, 7) is 0.500. The van der Waals surface area contributed by atoms with Gasteiger partial charge in [0.25, 0.3) is 0 Å². The quantitative estimate of drug-likeness (QED) is 0.467. The molecule has 10 heavy (non-hydrogen) atoms. The molecule has 0 saturated heterocycles. The minimum atomic E-state index is -3.71. The Morgan fingerprint density at radius 3 is 2.40 bits per heavy atom. The topological polar surface area (TPSA) is 68.2 Å². The van der Waals surface area contributed by atoms with Gasteiger partial charge in [-0.15, -0.1) is 0 Å². The number of methoxy groups -OCH3 is 1. The molecule has 0 saturated carbocycles. The van der Waals surface area contributed by atoms with Crippen LogP contribution in [0.3, 0.4) is 0 Å². The maximum atomic E-state index is 8.79. The summed E-state index contributed by atoms with van der Waals surface area (Å²) in [5.74, 6) is 0. The normalized spacial score (nSPS) is 12.1. The van der Waals surface area contributed by atoms with E-state index < -0.39 is 9.05 Å². The van der Waals surface area contributed by atoms with E-state index in [0.717, 1.165) is 0 Å². The van der Waals surface area contributed by atoms with Gasteiger partial charge in [0.15, 0.2) is 0 Å². The van der Waals surface area contributed by atoms with Crippen molar-refractivity contribution in [2.24, 2.45) is 0 Å². The van der Waals surface area contributed by atoms with Crippen LogP contribution in [0.2, 0.25) is 0 Å². The van der Waals surface area contributed by atoms with Crippen molar-refractivity contribution >= 4 is 9.05 Å². The first-order valence-electron chi connectivity index (χ1n) is 2.63. The molecular weight excluding hydrogens is 345 g/mol. The Hall–Kier alpha value is 0.952.